The minimum Gasteiger partial charge on any atom is -0.371 e. The number of piperazine rings is 1. The molecule has 0 atom stereocenters. The van der Waals surface area contributed by atoms with Crippen LogP contribution in [0, 0.1) is 0 Å². The molecule has 0 saturated carbocycles. The van der Waals surface area contributed by atoms with Crippen LogP contribution >= 0.6 is 0 Å². The highest BCUT2D eigenvalue weighted by molar-refractivity contribution is 5.74. The molecule has 2 N–H and O–H groups in total. The van der Waals surface area contributed by atoms with Gasteiger partial charge in [-0.2, -0.15) is 10.1 Å². The van der Waals surface area contributed by atoms with Crippen molar-refractivity contribution in [1.82, 2.24) is 30.0 Å². The Kier molecular flexibility index (Phi) is 5.03. The van der Waals surface area contributed by atoms with Crippen molar-refractivity contribution < 1.29 is 0 Å². The molecule has 0 spiro atoms. The van der Waals surface area contributed by atoms with Gasteiger partial charge in [0.1, 0.15) is 0 Å². The highest BCUT2D eigenvalue weighted by Crippen LogP contribution is 2.25. The van der Waals surface area contributed by atoms with Crippen LogP contribution < -0.4 is 10.2 Å². The van der Waals surface area contributed by atoms with E-state index < -0.39 is 0 Å². The number of benzene rings is 1. The summed E-state index contributed by atoms with van der Waals surface area (Å²) in [6.07, 6.45) is 6.00. The van der Waals surface area contributed by atoms with Crippen LogP contribution in [0.5, 0.6) is 0 Å². The molecule has 8 nitrogen and oxygen atoms in total. The summed E-state index contributed by atoms with van der Waals surface area (Å²) >= 11 is 0. The van der Waals surface area contributed by atoms with E-state index >= 15 is 0 Å². The average molecular weight is 393 g/mol. The number of nitrogens with zero attached hydrogens (tertiary/aromatic N) is 6. The van der Waals surface area contributed by atoms with Gasteiger partial charge in [-0.15, -0.1) is 0 Å². The van der Waals surface area contributed by atoms with Gasteiger partial charge in [-0.3, -0.25) is 10.00 Å². The molecule has 0 bridgehead atoms. The number of likely N-dealkylation sites (N-methyl/N-ethyl adjacent to an activating group) is 1. The molecule has 152 valence electrons. The van der Waals surface area contributed by atoms with E-state index in [9.17, 15) is 0 Å². The minimum absolute atomic E-state index is 0.572. The van der Waals surface area contributed by atoms with Gasteiger partial charge in [-0.25, -0.2) is 4.98 Å². The lowest BCUT2D eigenvalue weighted by molar-refractivity contribution is 0.0982. The van der Waals surface area contributed by atoms with Crippen LogP contribution in [0.4, 0.5) is 17.3 Å². The van der Waals surface area contributed by atoms with Crippen LogP contribution in [0.15, 0.2) is 36.7 Å². The second kappa shape index (κ2) is 7.96. The molecular formula is C21H28N8. The quantitative estimate of drug-likeness (QED) is 0.706. The van der Waals surface area contributed by atoms with E-state index in [1.54, 1.807) is 12.4 Å². The molecule has 2 fully saturated rings. The second-order valence-electron chi connectivity index (χ2n) is 8.10. The Morgan fingerprint density at radius 2 is 1.72 bits per heavy atom. The Bertz CT molecular complexity index is 937. The predicted molar refractivity (Wildman–Crippen MR) is 116 cm³/mol. The smallest absolute Gasteiger partial charge is 0.229 e. The van der Waals surface area contributed by atoms with Gasteiger partial charge in [0.25, 0.3) is 0 Å². The van der Waals surface area contributed by atoms with E-state index in [0.717, 1.165) is 35.9 Å². The summed E-state index contributed by atoms with van der Waals surface area (Å²) < 4.78 is 0. The molecule has 2 saturated heterocycles. The lowest BCUT2D eigenvalue weighted by atomic mass is 10.0. The number of anilines is 3. The lowest BCUT2D eigenvalue weighted by Crippen LogP contribution is -2.52. The maximum Gasteiger partial charge on any atom is 0.229 e. The van der Waals surface area contributed by atoms with Gasteiger partial charge >= 0.3 is 0 Å². The summed E-state index contributed by atoms with van der Waals surface area (Å²) in [5.41, 5.74) is 3.01. The highest BCUT2D eigenvalue weighted by atomic mass is 15.3. The number of aromatic nitrogens is 4. The van der Waals surface area contributed by atoms with E-state index in [1.807, 2.05) is 0 Å². The third-order valence-electron chi connectivity index (χ3n) is 6.20. The molecule has 1 aromatic carbocycles. The summed E-state index contributed by atoms with van der Waals surface area (Å²) in [4.78, 5) is 16.4. The number of rotatable bonds is 4. The van der Waals surface area contributed by atoms with Crippen molar-refractivity contribution in [2.75, 3.05) is 56.5 Å². The number of fused-ring (bicyclic) bond motifs is 1. The molecule has 2 aliphatic heterocycles. The Hall–Kier alpha value is -2.71. The van der Waals surface area contributed by atoms with Crippen molar-refractivity contribution in [3.05, 3.63) is 36.7 Å². The van der Waals surface area contributed by atoms with Gasteiger partial charge in [0, 0.05) is 62.9 Å². The van der Waals surface area contributed by atoms with Gasteiger partial charge in [0.05, 0.1) is 11.6 Å². The molecule has 4 heterocycles. The second-order valence-corrected chi connectivity index (χ2v) is 8.10. The van der Waals surface area contributed by atoms with Crippen LogP contribution in [0.1, 0.15) is 12.8 Å². The van der Waals surface area contributed by atoms with E-state index in [-0.39, 0.29) is 0 Å². The van der Waals surface area contributed by atoms with E-state index in [1.165, 1.54) is 44.7 Å². The molecule has 0 amide bonds. The monoisotopic (exact) mass is 392 g/mol. The Balaban J connectivity index is 1.17. The standard InChI is InChI=1S/C21H28N8/c1-27-10-12-29(13-11-27)19-6-8-28(9-7-19)18-4-2-17(3-5-18)24-21-22-14-16-15-23-26-20(16)25-21/h2-5,14-15,19H,6-13H2,1H3,(H2,22,23,24,25,26). The summed E-state index contributed by atoms with van der Waals surface area (Å²) in [5, 5.41) is 11.0. The largest absolute Gasteiger partial charge is 0.371 e. The van der Waals surface area contributed by atoms with Crippen molar-refractivity contribution in [2.24, 2.45) is 0 Å². The third kappa shape index (κ3) is 4.04. The number of hydrogen-bond donors (Lipinski definition) is 2. The molecule has 2 aliphatic rings. The minimum atomic E-state index is 0.572. The van der Waals surface area contributed by atoms with Gasteiger partial charge < -0.3 is 15.1 Å². The SMILES string of the molecule is CN1CCN(C2CCN(c3ccc(Nc4ncc5cn[nH]c5n4)cc3)CC2)CC1. The lowest BCUT2D eigenvalue weighted by Gasteiger charge is -2.42. The maximum absolute atomic E-state index is 4.44. The van der Waals surface area contributed by atoms with Gasteiger partial charge in [-0.05, 0) is 44.2 Å². The predicted octanol–water partition coefficient (Wildman–Crippen LogP) is 2.31. The first kappa shape index (κ1) is 18.3. The van der Waals surface area contributed by atoms with Crippen molar-refractivity contribution in [3.63, 3.8) is 0 Å². The van der Waals surface area contributed by atoms with Crippen molar-refractivity contribution in [2.45, 2.75) is 18.9 Å². The van der Waals surface area contributed by atoms with E-state index in [2.05, 4.69) is 71.5 Å². The van der Waals surface area contributed by atoms with Crippen molar-refractivity contribution in [1.29, 1.82) is 0 Å². The third-order valence-corrected chi connectivity index (χ3v) is 6.20. The van der Waals surface area contributed by atoms with Crippen LogP contribution in [0.3, 0.4) is 0 Å². The van der Waals surface area contributed by atoms with Gasteiger partial charge in [-0.1, -0.05) is 0 Å². The van der Waals surface area contributed by atoms with Crippen LogP contribution in [-0.2, 0) is 0 Å². The van der Waals surface area contributed by atoms with Crippen LogP contribution in [0.25, 0.3) is 11.0 Å². The fraction of sp³-hybridized carbons (Fsp3) is 0.476. The number of aromatic amines is 1. The molecule has 3 aromatic rings. The fourth-order valence-corrected chi connectivity index (χ4v) is 4.36. The van der Waals surface area contributed by atoms with E-state index in [4.69, 9.17) is 0 Å². The maximum atomic E-state index is 4.44. The molecule has 0 radical (unpaired) electrons. The van der Waals surface area contributed by atoms with Crippen LogP contribution in [0.2, 0.25) is 0 Å². The number of nitrogens with one attached hydrogen (secondary N) is 2. The zero-order valence-corrected chi connectivity index (χ0v) is 16.9. The zero-order chi connectivity index (χ0) is 19.6. The molecule has 2 aromatic heterocycles. The Morgan fingerprint density at radius 3 is 2.48 bits per heavy atom. The van der Waals surface area contributed by atoms with Crippen molar-refractivity contribution in [3.8, 4) is 0 Å². The molecule has 29 heavy (non-hydrogen) atoms. The fourth-order valence-electron chi connectivity index (χ4n) is 4.36. The molecule has 8 heteroatoms. The first-order valence-corrected chi connectivity index (χ1v) is 10.5. The normalized spacial score (nSPS) is 19.7. The molecule has 5 rings (SSSR count). The summed E-state index contributed by atoms with van der Waals surface area (Å²) in [6, 6.07) is 9.32. The first-order valence-electron chi connectivity index (χ1n) is 10.5. The Morgan fingerprint density at radius 1 is 0.966 bits per heavy atom. The van der Waals surface area contributed by atoms with Gasteiger partial charge in [0.15, 0.2) is 5.65 Å². The Labute approximate surface area is 170 Å². The summed E-state index contributed by atoms with van der Waals surface area (Å²) in [6.45, 7) is 7.09. The first-order chi connectivity index (χ1) is 14.2. The highest BCUT2D eigenvalue weighted by Gasteiger charge is 2.26. The van der Waals surface area contributed by atoms with Crippen molar-refractivity contribution >= 4 is 28.4 Å². The summed E-state index contributed by atoms with van der Waals surface area (Å²) in [7, 11) is 2.22. The summed E-state index contributed by atoms with van der Waals surface area (Å²) in [5.74, 6) is 0.572. The zero-order valence-electron chi connectivity index (χ0n) is 16.9. The van der Waals surface area contributed by atoms with E-state index in [0.29, 0.717) is 5.95 Å². The number of hydrogen-bond acceptors (Lipinski definition) is 7. The van der Waals surface area contributed by atoms with Gasteiger partial charge in [0.2, 0.25) is 5.95 Å². The molecular weight excluding hydrogens is 364 g/mol. The average Bonchev–Trinajstić information content (AvgIpc) is 3.23. The van der Waals surface area contributed by atoms with Crippen LogP contribution in [-0.4, -0.2) is 82.3 Å². The topological polar surface area (TPSA) is 76.2 Å². The molecule has 0 aliphatic carbocycles. The molecule has 0 unspecified atom stereocenters. The number of H-pyrrole nitrogens is 1. The number of piperidine rings is 1.